The second kappa shape index (κ2) is 7.32. The quantitative estimate of drug-likeness (QED) is 0.762. The van der Waals surface area contributed by atoms with Crippen molar-refractivity contribution in [3.63, 3.8) is 0 Å². The first-order valence-corrected chi connectivity index (χ1v) is 8.85. The van der Waals surface area contributed by atoms with Crippen molar-refractivity contribution in [2.45, 2.75) is 32.7 Å². The van der Waals surface area contributed by atoms with Gasteiger partial charge in [0.25, 0.3) is 0 Å². The van der Waals surface area contributed by atoms with Crippen molar-refractivity contribution in [2.24, 2.45) is 7.05 Å². The van der Waals surface area contributed by atoms with Gasteiger partial charge in [0, 0.05) is 18.6 Å². The lowest BCUT2D eigenvalue weighted by Crippen LogP contribution is -2.09. The van der Waals surface area contributed by atoms with Gasteiger partial charge in [-0.3, -0.25) is 4.72 Å². The molecule has 1 aromatic carbocycles. The molecule has 0 saturated heterocycles. The topological polar surface area (TPSA) is 86.5 Å². The van der Waals surface area contributed by atoms with E-state index in [0.29, 0.717) is 16.3 Å². The maximum absolute atomic E-state index is 12.5. The molecule has 1 atom stereocenters. The summed E-state index contributed by atoms with van der Waals surface area (Å²) in [6.45, 7) is 7.80. The highest BCUT2D eigenvalue weighted by molar-refractivity contribution is 7.86. The third kappa shape index (κ3) is 3.05. The normalized spacial score (nSPS) is 11.5. The number of aromatic nitrogens is 3. The number of nitriles is 1. The Bertz CT molecular complexity index is 932. The second-order valence-electron chi connectivity index (χ2n) is 5.07. The van der Waals surface area contributed by atoms with Crippen LogP contribution in [0.3, 0.4) is 0 Å². The van der Waals surface area contributed by atoms with Crippen LogP contribution in [0, 0.1) is 25.2 Å². The average molecular weight is 343 g/mol. The molecule has 0 radical (unpaired) electrons. The summed E-state index contributed by atoms with van der Waals surface area (Å²) >= 11 is 0. The minimum absolute atomic E-state index is 0.582. The third-order valence-corrected chi connectivity index (χ3v) is 4.90. The first-order valence-electron chi connectivity index (χ1n) is 7.70. The lowest BCUT2D eigenvalue weighted by Gasteiger charge is -2.09. The van der Waals surface area contributed by atoms with Gasteiger partial charge in [0.1, 0.15) is 16.9 Å². The van der Waals surface area contributed by atoms with Crippen molar-refractivity contribution in [1.29, 1.82) is 5.26 Å². The zero-order valence-electron chi connectivity index (χ0n) is 14.5. The molecule has 7 heteroatoms. The molecule has 0 aliphatic heterocycles. The molecule has 0 aliphatic carbocycles. The number of rotatable bonds is 3. The number of H-pyrrole nitrogens is 1. The predicted molar refractivity (Wildman–Crippen MR) is 97.1 cm³/mol. The fraction of sp³-hybridized carbons (Fsp3) is 0.294. The van der Waals surface area contributed by atoms with Crippen LogP contribution >= 0.6 is 0 Å². The molecule has 2 N–H and O–H groups in total. The van der Waals surface area contributed by atoms with Gasteiger partial charge in [-0.25, -0.2) is 9.19 Å². The molecule has 3 aromatic rings. The Kier molecular flexibility index (Phi) is 5.42. The van der Waals surface area contributed by atoms with Crippen LogP contribution in [0.5, 0.6) is 0 Å². The number of aryl methyl sites for hydroxylation is 2. The van der Waals surface area contributed by atoms with Crippen LogP contribution in [-0.4, -0.2) is 18.7 Å². The Balaban J connectivity index is 0.00000100. The monoisotopic (exact) mass is 343 g/mol. The molecule has 0 bridgehead atoms. The number of aromatic amines is 1. The standard InChI is InChI=1S/C15H15N5OS.C2H6/c1-9-4-5-12(15-14(9)11(6-16)7-18-15)19-22(21)13-8-17-10(2)20(13)3;1-2/h4-5,7-8,18-19H,1-3H3;1-2H3. The highest BCUT2D eigenvalue weighted by atomic mass is 32.2. The highest BCUT2D eigenvalue weighted by Crippen LogP contribution is 2.29. The van der Waals surface area contributed by atoms with E-state index < -0.39 is 11.0 Å². The third-order valence-electron chi connectivity index (χ3n) is 3.73. The van der Waals surface area contributed by atoms with Crippen molar-refractivity contribution in [1.82, 2.24) is 14.5 Å². The molecule has 0 aliphatic rings. The lowest BCUT2D eigenvalue weighted by molar-refractivity contribution is 0.674. The van der Waals surface area contributed by atoms with Crippen molar-refractivity contribution in [3.8, 4) is 6.07 Å². The average Bonchev–Trinajstić information content (AvgIpc) is 3.17. The van der Waals surface area contributed by atoms with Gasteiger partial charge >= 0.3 is 0 Å². The fourth-order valence-corrected chi connectivity index (χ4v) is 3.40. The minimum atomic E-state index is -1.43. The van der Waals surface area contributed by atoms with Gasteiger partial charge in [-0.05, 0) is 25.5 Å². The van der Waals surface area contributed by atoms with Crippen LogP contribution in [0.4, 0.5) is 5.69 Å². The molecule has 0 amide bonds. The van der Waals surface area contributed by atoms with Crippen LogP contribution < -0.4 is 4.72 Å². The molecule has 2 heterocycles. The molecule has 1 unspecified atom stereocenters. The maximum atomic E-state index is 12.5. The van der Waals surface area contributed by atoms with E-state index in [9.17, 15) is 9.47 Å². The Morgan fingerprint density at radius 2 is 2.04 bits per heavy atom. The Morgan fingerprint density at radius 3 is 2.62 bits per heavy atom. The van der Waals surface area contributed by atoms with E-state index in [0.717, 1.165) is 22.3 Å². The molecule has 24 heavy (non-hydrogen) atoms. The molecule has 126 valence electrons. The van der Waals surface area contributed by atoms with Crippen molar-refractivity contribution >= 4 is 27.6 Å². The Labute approximate surface area is 144 Å². The predicted octanol–water partition coefficient (Wildman–Crippen LogP) is 3.55. The van der Waals surface area contributed by atoms with E-state index in [2.05, 4.69) is 20.8 Å². The van der Waals surface area contributed by atoms with Gasteiger partial charge in [0.15, 0.2) is 11.0 Å². The number of fused-ring (bicyclic) bond motifs is 1. The molecular weight excluding hydrogens is 322 g/mol. The molecule has 0 spiro atoms. The molecule has 6 nitrogen and oxygen atoms in total. The molecule has 2 aromatic heterocycles. The number of imidazole rings is 1. The van der Waals surface area contributed by atoms with Crippen molar-refractivity contribution < 1.29 is 4.21 Å². The summed E-state index contributed by atoms with van der Waals surface area (Å²) in [4.78, 5) is 7.24. The van der Waals surface area contributed by atoms with Gasteiger partial charge in [-0.2, -0.15) is 5.26 Å². The summed E-state index contributed by atoms with van der Waals surface area (Å²) in [5.41, 5.74) is 3.06. The largest absolute Gasteiger partial charge is 0.358 e. The molecule has 0 fully saturated rings. The summed E-state index contributed by atoms with van der Waals surface area (Å²) < 4.78 is 17.3. The summed E-state index contributed by atoms with van der Waals surface area (Å²) in [7, 11) is 0.391. The summed E-state index contributed by atoms with van der Waals surface area (Å²) in [6, 6.07) is 5.93. The summed E-state index contributed by atoms with van der Waals surface area (Å²) in [6.07, 6.45) is 3.26. The molecule has 3 rings (SSSR count). The minimum Gasteiger partial charge on any atom is -0.358 e. The lowest BCUT2D eigenvalue weighted by atomic mass is 10.1. The fourth-order valence-electron chi connectivity index (χ4n) is 2.40. The summed E-state index contributed by atoms with van der Waals surface area (Å²) in [5.74, 6) is 0.797. The van der Waals surface area contributed by atoms with E-state index in [1.165, 1.54) is 0 Å². The van der Waals surface area contributed by atoms with Gasteiger partial charge in [-0.1, -0.05) is 19.9 Å². The van der Waals surface area contributed by atoms with Crippen LogP contribution in [0.1, 0.15) is 30.8 Å². The first-order chi connectivity index (χ1) is 11.5. The van der Waals surface area contributed by atoms with Crippen LogP contribution in [0.2, 0.25) is 0 Å². The number of anilines is 1. The Morgan fingerprint density at radius 1 is 1.33 bits per heavy atom. The van der Waals surface area contributed by atoms with E-state index in [1.807, 2.05) is 46.9 Å². The van der Waals surface area contributed by atoms with Gasteiger partial charge in [0.05, 0.1) is 23.0 Å². The van der Waals surface area contributed by atoms with E-state index >= 15 is 0 Å². The van der Waals surface area contributed by atoms with Crippen LogP contribution in [0.15, 0.2) is 29.6 Å². The first kappa shape index (κ1) is 17.8. The zero-order valence-corrected chi connectivity index (χ0v) is 15.3. The number of nitrogens with one attached hydrogen (secondary N) is 2. The highest BCUT2D eigenvalue weighted by Gasteiger charge is 2.15. The number of hydrogen-bond donors (Lipinski definition) is 2. The number of nitrogens with zero attached hydrogens (tertiary/aromatic N) is 3. The maximum Gasteiger partial charge on any atom is 0.169 e. The van der Waals surface area contributed by atoms with Crippen molar-refractivity contribution in [3.05, 3.63) is 41.5 Å². The van der Waals surface area contributed by atoms with Crippen molar-refractivity contribution in [2.75, 3.05) is 4.72 Å². The number of benzene rings is 1. The van der Waals surface area contributed by atoms with Gasteiger partial charge in [-0.15, -0.1) is 0 Å². The number of hydrogen-bond acceptors (Lipinski definition) is 3. The summed E-state index contributed by atoms with van der Waals surface area (Å²) in [5, 5.41) is 10.6. The molecule has 0 saturated carbocycles. The van der Waals surface area contributed by atoms with E-state index in [-0.39, 0.29) is 0 Å². The van der Waals surface area contributed by atoms with Gasteiger partial charge in [0.2, 0.25) is 0 Å². The van der Waals surface area contributed by atoms with E-state index in [4.69, 9.17) is 0 Å². The van der Waals surface area contributed by atoms with E-state index in [1.54, 1.807) is 17.0 Å². The Hall–Kier alpha value is -2.59. The smallest absolute Gasteiger partial charge is 0.169 e. The molecular formula is C17H21N5OS. The zero-order chi connectivity index (χ0) is 17.9. The van der Waals surface area contributed by atoms with Crippen LogP contribution in [0.25, 0.3) is 10.9 Å². The SMILES string of the molecule is CC.Cc1ccc(NS(=O)c2cnc(C)n2C)c2[nH]cc(C#N)c12. The van der Waals surface area contributed by atoms with Gasteiger partial charge < -0.3 is 9.55 Å². The second-order valence-corrected chi connectivity index (χ2v) is 6.23. The van der Waals surface area contributed by atoms with Crippen LogP contribution in [-0.2, 0) is 18.0 Å².